The summed E-state index contributed by atoms with van der Waals surface area (Å²) in [5, 5.41) is 0.894. The summed E-state index contributed by atoms with van der Waals surface area (Å²) in [5.74, 6) is 1.58. The second-order valence-electron chi connectivity index (χ2n) is 4.95. The van der Waals surface area contributed by atoms with Crippen LogP contribution in [-0.2, 0) is 4.79 Å². The number of alkyl halides is 1. The molecular formula is C15H20BrNO2. The van der Waals surface area contributed by atoms with Crippen LogP contribution in [0.1, 0.15) is 31.9 Å². The van der Waals surface area contributed by atoms with E-state index in [4.69, 9.17) is 4.74 Å². The minimum absolute atomic E-state index is 0.132. The average molecular weight is 326 g/mol. The van der Waals surface area contributed by atoms with Crippen LogP contribution in [0.25, 0.3) is 0 Å². The highest BCUT2D eigenvalue weighted by Crippen LogP contribution is 2.29. The molecule has 0 bridgehead atoms. The molecule has 19 heavy (non-hydrogen) atoms. The number of halogens is 1. The Morgan fingerprint density at radius 1 is 1.42 bits per heavy atom. The summed E-state index contributed by atoms with van der Waals surface area (Å²) in [6.07, 6.45) is 0.659. The van der Waals surface area contributed by atoms with Crippen molar-refractivity contribution in [3.05, 3.63) is 29.8 Å². The van der Waals surface area contributed by atoms with Crippen LogP contribution in [0, 0.1) is 5.92 Å². The molecule has 0 aliphatic carbocycles. The molecule has 0 spiro atoms. The van der Waals surface area contributed by atoms with Gasteiger partial charge in [-0.15, -0.1) is 0 Å². The topological polar surface area (TPSA) is 29.5 Å². The van der Waals surface area contributed by atoms with Gasteiger partial charge in [0.15, 0.2) is 0 Å². The van der Waals surface area contributed by atoms with Crippen LogP contribution in [0.3, 0.4) is 0 Å². The SMILES string of the molecule is CCOc1ccc(C(C)N2CC(CBr)CC2=O)cc1. The van der Waals surface area contributed by atoms with Crippen molar-refractivity contribution in [2.45, 2.75) is 26.3 Å². The maximum Gasteiger partial charge on any atom is 0.223 e. The first-order valence-corrected chi connectivity index (χ1v) is 7.86. The zero-order chi connectivity index (χ0) is 13.8. The summed E-state index contributed by atoms with van der Waals surface area (Å²) in [6, 6.07) is 8.16. The lowest BCUT2D eigenvalue weighted by Gasteiger charge is -2.25. The van der Waals surface area contributed by atoms with E-state index in [0.717, 1.165) is 23.2 Å². The van der Waals surface area contributed by atoms with Crippen molar-refractivity contribution < 1.29 is 9.53 Å². The third-order valence-corrected chi connectivity index (χ3v) is 4.51. The third-order valence-electron chi connectivity index (χ3n) is 3.60. The average Bonchev–Trinajstić information content (AvgIpc) is 2.80. The molecule has 1 saturated heterocycles. The molecule has 3 nitrogen and oxygen atoms in total. The number of benzene rings is 1. The number of rotatable bonds is 5. The van der Waals surface area contributed by atoms with Crippen molar-refractivity contribution in [3.63, 3.8) is 0 Å². The van der Waals surface area contributed by atoms with Crippen molar-refractivity contribution in [1.29, 1.82) is 0 Å². The lowest BCUT2D eigenvalue weighted by molar-refractivity contribution is -0.129. The minimum Gasteiger partial charge on any atom is -0.494 e. The molecule has 2 unspecified atom stereocenters. The monoisotopic (exact) mass is 325 g/mol. The van der Waals surface area contributed by atoms with Crippen LogP contribution in [0.5, 0.6) is 5.75 Å². The third kappa shape index (κ3) is 3.30. The van der Waals surface area contributed by atoms with Crippen molar-refractivity contribution in [2.75, 3.05) is 18.5 Å². The summed E-state index contributed by atoms with van der Waals surface area (Å²) in [7, 11) is 0. The number of ether oxygens (including phenoxy) is 1. The molecule has 4 heteroatoms. The smallest absolute Gasteiger partial charge is 0.223 e. The van der Waals surface area contributed by atoms with Gasteiger partial charge in [0, 0.05) is 18.3 Å². The Morgan fingerprint density at radius 3 is 2.63 bits per heavy atom. The van der Waals surface area contributed by atoms with Crippen molar-refractivity contribution in [1.82, 2.24) is 4.90 Å². The quantitative estimate of drug-likeness (QED) is 0.776. The molecule has 0 saturated carbocycles. The van der Waals surface area contributed by atoms with Crippen molar-refractivity contribution >= 4 is 21.8 Å². The highest BCUT2D eigenvalue weighted by molar-refractivity contribution is 9.09. The summed E-state index contributed by atoms with van der Waals surface area (Å²) in [6.45, 7) is 5.58. The molecule has 1 aliphatic rings. The fourth-order valence-corrected chi connectivity index (χ4v) is 2.91. The maximum atomic E-state index is 12.0. The summed E-state index contributed by atoms with van der Waals surface area (Å²) < 4.78 is 5.43. The lowest BCUT2D eigenvalue weighted by atomic mass is 10.1. The van der Waals surface area contributed by atoms with Gasteiger partial charge in [0.2, 0.25) is 5.91 Å². The fraction of sp³-hybridized carbons (Fsp3) is 0.533. The Labute approximate surface area is 123 Å². The van der Waals surface area contributed by atoms with Crippen molar-refractivity contribution in [3.8, 4) is 5.75 Å². The maximum absolute atomic E-state index is 12.0. The Kier molecular flexibility index (Phi) is 4.86. The summed E-state index contributed by atoms with van der Waals surface area (Å²) in [5.41, 5.74) is 1.16. The van der Waals surface area contributed by atoms with Gasteiger partial charge in [0.05, 0.1) is 12.6 Å². The van der Waals surface area contributed by atoms with Gasteiger partial charge >= 0.3 is 0 Å². The Bertz CT molecular complexity index is 432. The fourth-order valence-electron chi connectivity index (χ4n) is 2.48. The Balaban J connectivity index is 2.06. The first-order chi connectivity index (χ1) is 9.15. The van der Waals surface area contributed by atoms with Gasteiger partial charge in [0.25, 0.3) is 0 Å². The van der Waals surface area contributed by atoms with Crippen LogP contribution >= 0.6 is 15.9 Å². The van der Waals surface area contributed by atoms with Crippen LogP contribution in [0.2, 0.25) is 0 Å². The number of hydrogen-bond donors (Lipinski definition) is 0. The van der Waals surface area contributed by atoms with Crippen molar-refractivity contribution in [2.24, 2.45) is 5.92 Å². The number of likely N-dealkylation sites (tertiary alicyclic amines) is 1. The van der Waals surface area contributed by atoms with E-state index in [0.29, 0.717) is 18.9 Å². The van der Waals surface area contributed by atoms with E-state index in [9.17, 15) is 4.79 Å². The van der Waals surface area contributed by atoms with Crippen LogP contribution in [-0.4, -0.2) is 29.3 Å². The number of carbonyl (C=O) groups excluding carboxylic acids is 1. The van der Waals surface area contributed by atoms with Gasteiger partial charge in [-0.2, -0.15) is 0 Å². The van der Waals surface area contributed by atoms with E-state index in [-0.39, 0.29) is 11.9 Å². The molecule has 0 aromatic heterocycles. The second kappa shape index (κ2) is 6.42. The van der Waals surface area contributed by atoms with Crippen LogP contribution < -0.4 is 4.74 Å². The standard InChI is InChI=1S/C15H20BrNO2/c1-3-19-14-6-4-13(5-7-14)11(2)17-10-12(9-16)8-15(17)18/h4-7,11-12H,3,8-10H2,1-2H3. The second-order valence-corrected chi connectivity index (χ2v) is 5.60. The molecule has 1 fully saturated rings. The highest BCUT2D eigenvalue weighted by atomic mass is 79.9. The number of carbonyl (C=O) groups is 1. The van der Waals surface area contributed by atoms with Gasteiger partial charge in [-0.1, -0.05) is 28.1 Å². The first-order valence-electron chi connectivity index (χ1n) is 6.74. The molecule has 0 N–H and O–H groups in total. The van der Waals surface area contributed by atoms with Crippen LogP contribution in [0.4, 0.5) is 0 Å². The van der Waals surface area contributed by atoms with E-state index in [1.54, 1.807) is 0 Å². The van der Waals surface area contributed by atoms with E-state index in [1.165, 1.54) is 0 Å². The molecule has 2 rings (SSSR count). The van der Waals surface area contributed by atoms with E-state index < -0.39 is 0 Å². The zero-order valence-corrected chi connectivity index (χ0v) is 13.0. The first kappa shape index (κ1) is 14.4. The number of amides is 1. The zero-order valence-electron chi connectivity index (χ0n) is 11.4. The molecule has 104 valence electrons. The molecule has 1 heterocycles. The molecular weight excluding hydrogens is 306 g/mol. The molecule has 1 aromatic carbocycles. The van der Waals surface area contributed by atoms with Gasteiger partial charge in [0.1, 0.15) is 5.75 Å². The van der Waals surface area contributed by atoms with Gasteiger partial charge in [-0.25, -0.2) is 0 Å². The predicted octanol–water partition coefficient (Wildman–Crippen LogP) is 3.39. The summed E-state index contributed by atoms with van der Waals surface area (Å²) in [4.78, 5) is 14.0. The number of nitrogens with zero attached hydrogens (tertiary/aromatic N) is 1. The molecule has 0 radical (unpaired) electrons. The van der Waals surface area contributed by atoms with Crippen LogP contribution in [0.15, 0.2) is 24.3 Å². The minimum atomic E-state index is 0.132. The highest BCUT2D eigenvalue weighted by Gasteiger charge is 2.32. The largest absolute Gasteiger partial charge is 0.494 e. The van der Waals surface area contributed by atoms with E-state index in [2.05, 4.69) is 22.9 Å². The number of hydrogen-bond acceptors (Lipinski definition) is 2. The van der Waals surface area contributed by atoms with E-state index in [1.807, 2.05) is 36.1 Å². The van der Waals surface area contributed by atoms with Gasteiger partial charge in [-0.3, -0.25) is 4.79 Å². The Morgan fingerprint density at radius 2 is 2.11 bits per heavy atom. The molecule has 1 aliphatic heterocycles. The Hall–Kier alpha value is -1.03. The van der Waals surface area contributed by atoms with E-state index >= 15 is 0 Å². The summed E-state index contributed by atoms with van der Waals surface area (Å²) >= 11 is 3.47. The molecule has 1 amide bonds. The normalized spacial score (nSPS) is 20.7. The van der Waals surface area contributed by atoms with Gasteiger partial charge in [-0.05, 0) is 37.5 Å². The predicted molar refractivity (Wildman–Crippen MR) is 79.6 cm³/mol. The lowest BCUT2D eigenvalue weighted by Crippen LogP contribution is -2.28. The van der Waals surface area contributed by atoms with Gasteiger partial charge < -0.3 is 9.64 Å². The molecule has 1 aromatic rings. The molecule has 2 atom stereocenters.